The highest BCUT2D eigenvalue weighted by atomic mass is 32.1. The summed E-state index contributed by atoms with van der Waals surface area (Å²) in [6.45, 7) is 7.97. The number of nitrogens with zero attached hydrogens (tertiary/aromatic N) is 4. The minimum Gasteiger partial charge on any atom is -0.497 e. The fraction of sp³-hybridized carbons (Fsp3) is 0.310. The van der Waals surface area contributed by atoms with Crippen LogP contribution in [0.25, 0.3) is 11.4 Å². The van der Waals surface area contributed by atoms with Gasteiger partial charge < -0.3 is 19.1 Å². The van der Waals surface area contributed by atoms with Crippen molar-refractivity contribution >= 4 is 22.9 Å². The molecule has 0 saturated carbocycles. The molecule has 6 nitrogen and oxygen atoms in total. The van der Waals surface area contributed by atoms with Crippen LogP contribution in [0.3, 0.4) is 0 Å². The summed E-state index contributed by atoms with van der Waals surface area (Å²) in [5, 5.41) is 3.11. The van der Waals surface area contributed by atoms with Crippen molar-refractivity contribution in [1.82, 2.24) is 14.5 Å². The van der Waals surface area contributed by atoms with Crippen molar-refractivity contribution in [2.45, 2.75) is 26.8 Å². The molecule has 36 heavy (non-hydrogen) atoms. The molecule has 1 saturated heterocycles. The van der Waals surface area contributed by atoms with Crippen LogP contribution in [0.2, 0.25) is 0 Å². The Labute approximate surface area is 216 Å². The first-order valence-corrected chi connectivity index (χ1v) is 13.3. The zero-order chi connectivity index (χ0) is 25.1. The number of carbonyl (C=O) groups is 1. The van der Waals surface area contributed by atoms with Gasteiger partial charge in [0.05, 0.1) is 29.1 Å². The number of aromatic nitrogens is 2. The van der Waals surface area contributed by atoms with Crippen LogP contribution < -0.4 is 9.64 Å². The van der Waals surface area contributed by atoms with Crippen LogP contribution in [0, 0.1) is 13.8 Å². The molecular formula is C29H32N4O2S. The van der Waals surface area contributed by atoms with Gasteiger partial charge in [0.25, 0.3) is 5.91 Å². The molecule has 5 rings (SSSR count). The number of piperazine rings is 1. The molecular weight excluding hydrogens is 468 g/mol. The summed E-state index contributed by atoms with van der Waals surface area (Å²) in [7, 11) is 1.68. The average Bonchev–Trinajstić information content (AvgIpc) is 3.50. The van der Waals surface area contributed by atoms with E-state index in [1.807, 2.05) is 36.1 Å². The molecule has 0 bridgehead atoms. The number of aryl methyl sites for hydroxylation is 2. The molecule has 1 aliphatic heterocycles. The van der Waals surface area contributed by atoms with Gasteiger partial charge in [-0.2, -0.15) is 0 Å². The lowest BCUT2D eigenvalue weighted by Crippen LogP contribution is -2.48. The number of hydrogen-bond acceptors (Lipinski definition) is 5. The second-order valence-electron chi connectivity index (χ2n) is 9.14. The third-order valence-corrected chi connectivity index (χ3v) is 7.72. The van der Waals surface area contributed by atoms with Gasteiger partial charge in [0.15, 0.2) is 0 Å². The van der Waals surface area contributed by atoms with Crippen molar-refractivity contribution in [3.05, 3.63) is 87.9 Å². The number of amides is 1. The van der Waals surface area contributed by atoms with E-state index in [-0.39, 0.29) is 5.91 Å². The summed E-state index contributed by atoms with van der Waals surface area (Å²) in [6.07, 6.45) is 0.860. The zero-order valence-corrected chi connectivity index (χ0v) is 21.9. The van der Waals surface area contributed by atoms with E-state index in [0.717, 1.165) is 72.5 Å². The number of thiazole rings is 1. The molecule has 186 valence electrons. The van der Waals surface area contributed by atoms with Crippen LogP contribution in [0.1, 0.15) is 26.6 Å². The zero-order valence-electron chi connectivity index (χ0n) is 21.1. The van der Waals surface area contributed by atoms with Crippen LogP contribution in [-0.4, -0.2) is 53.6 Å². The lowest BCUT2D eigenvalue weighted by atomic mass is 10.1. The first-order valence-electron chi connectivity index (χ1n) is 12.4. The molecule has 0 spiro atoms. The van der Waals surface area contributed by atoms with Crippen LogP contribution in [0.5, 0.6) is 5.75 Å². The minimum atomic E-state index is 0.108. The quantitative estimate of drug-likeness (QED) is 0.339. The number of methoxy groups -OCH3 is 1. The topological polar surface area (TPSA) is 50.6 Å². The maximum absolute atomic E-state index is 13.7. The monoisotopic (exact) mass is 500 g/mol. The second kappa shape index (κ2) is 10.6. The SMILES string of the molecule is COc1ccc(CCn2c(-c3csc(C)n3)cc(C(=O)N3CCN(c4ccccc4)CC3)c2C)cc1. The van der Waals surface area contributed by atoms with E-state index in [1.54, 1.807) is 18.4 Å². The van der Waals surface area contributed by atoms with E-state index in [2.05, 4.69) is 58.2 Å². The summed E-state index contributed by atoms with van der Waals surface area (Å²) in [5.74, 6) is 0.964. The van der Waals surface area contributed by atoms with Crippen LogP contribution in [0.4, 0.5) is 5.69 Å². The molecule has 0 radical (unpaired) electrons. The van der Waals surface area contributed by atoms with Crippen molar-refractivity contribution in [3.8, 4) is 17.1 Å². The molecule has 0 aliphatic carbocycles. The largest absolute Gasteiger partial charge is 0.497 e. The van der Waals surface area contributed by atoms with Gasteiger partial charge in [-0.1, -0.05) is 30.3 Å². The van der Waals surface area contributed by atoms with E-state index in [9.17, 15) is 4.79 Å². The molecule has 1 aliphatic rings. The number of para-hydroxylation sites is 1. The maximum atomic E-state index is 13.7. The van der Waals surface area contributed by atoms with E-state index >= 15 is 0 Å². The molecule has 3 heterocycles. The summed E-state index contributed by atoms with van der Waals surface area (Å²) in [5.41, 5.74) is 6.17. The number of carbonyl (C=O) groups excluding carboxylic acids is 1. The predicted molar refractivity (Wildman–Crippen MR) is 146 cm³/mol. The minimum absolute atomic E-state index is 0.108. The highest BCUT2D eigenvalue weighted by Crippen LogP contribution is 2.29. The van der Waals surface area contributed by atoms with Gasteiger partial charge in [0, 0.05) is 49.5 Å². The fourth-order valence-electron chi connectivity index (χ4n) is 4.85. The number of benzene rings is 2. The summed E-state index contributed by atoms with van der Waals surface area (Å²) < 4.78 is 7.55. The Kier molecular flexibility index (Phi) is 7.09. The van der Waals surface area contributed by atoms with Crippen molar-refractivity contribution in [2.75, 3.05) is 38.2 Å². The Hall–Kier alpha value is -3.58. The summed E-state index contributed by atoms with van der Waals surface area (Å²) >= 11 is 1.64. The highest BCUT2D eigenvalue weighted by Gasteiger charge is 2.26. The van der Waals surface area contributed by atoms with Crippen LogP contribution in [0.15, 0.2) is 66.0 Å². The number of hydrogen-bond donors (Lipinski definition) is 0. The fourth-order valence-corrected chi connectivity index (χ4v) is 5.46. The van der Waals surface area contributed by atoms with Crippen molar-refractivity contribution < 1.29 is 9.53 Å². The Morgan fingerprint density at radius 3 is 2.36 bits per heavy atom. The van der Waals surface area contributed by atoms with Gasteiger partial charge in [-0.25, -0.2) is 4.98 Å². The van der Waals surface area contributed by atoms with Crippen molar-refractivity contribution in [3.63, 3.8) is 0 Å². The predicted octanol–water partition coefficient (Wildman–Crippen LogP) is 5.44. The van der Waals surface area contributed by atoms with E-state index in [1.165, 1.54) is 11.3 Å². The molecule has 0 N–H and O–H groups in total. The molecule has 1 amide bonds. The molecule has 0 atom stereocenters. The van der Waals surface area contributed by atoms with Gasteiger partial charge >= 0.3 is 0 Å². The summed E-state index contributed by atoms with van der Waals surface area (Å²) in [6, 6.07) is 20.7. The Bertz CT molecular complexity index is 1320. The lowest BCUT2D eigenvalue weighted by molar-refractivity contribution is 0.0746. The molecule has 1 fully saturated rings. The van der Waals surface area contributed by atoms with Gasteiger partial charge in [-0.3, -0.25) is 4.79 Å². The Morgan fingerprint density at radius 2 is 1.72 bits per heavy atom. The second-order valence-corrected chi connectivity index (χ2v) is 10.2. The molecule has 0 unspecified atom stereocenters. The maximum Gasteiger partial charge on any atom is 0.255 e. The number of rotatable bonds is 7. The third-order valence-electron chi connectivity index (χ3n) is 6.95. The first-order chi connectivity index (χ1) is 17.5. The van der Waals surface area contributed by atoms with Crippen molar-refractivity contribution in [2.24, 2.45) is 0 Å². The van der Waals surface area contributed by atoms with E-state index in [4.69, 9.17) is 9.72 Å². The van der Waals surface area contributed by atoms with Crippen LogP contribution >= 0.6 is 11.3 Å². The Morgan fingerprint density at radius 1 is 1.00 bits per heavy atom. The smallest absolute Gasteiger partial charge is 0.255 e. The lowest BCUT2D eigenvalue weighted by Gasteiger charge is -2.36. The normalized spacial score (nSPS) is 13.8. The highest BCUT2D eigenvalue weighted by molar-refractivity contribution is 7.09. The first kappa shape index (κ1) is 24.1. The molecule has 2 aromatic carbocycles. The van der Waals surface area contributed by atoms with Gasteiger partial charge in [-0.05, 0) is 56.2 Å². The third kappa shape index (κ3) is 5.02. The Balaban J connectivity index is 1.36. The van der Waals surface area contributed by atoms with Gasteiger partial charge in [-0.15, -0.1) is 11.3 Å². The van der Waals surface area contributed by atoms with E-state index < -0.39 is 0 Å². The van der Waals surface area contributed by atoms with E-state index in [0.29, 0.717) is 0 Å². The average molecular weight is 501 g/mol. The molecule has 7 heteroatoms. The number of ether oxygens (including phenoxy) is 1. The van der Waals surface area contributed by atoms with Crippen LogP contribution in [-0.2, 0) is 13.0 Å². The van der Waals surface area contributed by atoms with Crippen molar-refractivity contribution in [1.29, 1.82) is 0 Å². The van der Waals surface area contributed by atoms with Gasteiger partial charge in [0.2, 0.25) is 0 Å². The number of anilines is 1. The van der Waals surface area contributed by atoms with Gasteiger partial charge in [0.1, 0.15) is 5.75 Å². The molecule has 4 aromatic rings. The summed E-state index contributed by atoms with van der Waals surface area (Å²) in [4.78, 5) is 22.8. The molecule has 2 aromatic heterocycles. The standard InChI is InChI=1S/C29H32N4O2S/c1-21-26(29(34)32-17-15-31(16-18-32)24-7-5-4-6-8-24)19-28(27-20-36-22(2)30-27)33(21)14-13-23-9-11-25(35-3)12-10-23/h4-12,19-20H,13-18H2,1-3H3.